The molecule has 100 valence electrons. The SMILES string of the molecule is Cc1cc(C)cc(-c2nc3ncc(C(=O)O)cc3[nH]2)c1. The van der Waals surface area contributed by atoms with Gasteiger partial charge in [-0.15, -0.1) is 0 Å². The van der Waals surface area contributed by atoms with E-state index in [1.165, 1.54) is 6.20 Å². The van der Waals surface area contributed by atoms with Crippen molar-refractivity contribution in [2.45, 2.75) is 13.8 Å². The van der Waals surface area contributed by atoms with Crippen LogP contribution in [0.25, 0.3) is 22.6 Å². The van der Waals surface area contributed by atoms with Gasteiger partial charge in [0.05, 0.1) is 11.1 Å². The lowest BCUT2D eigenvalue weighted by atomic mass is 10.1. The Bertz CT molecular complexity index is 801. The van der Waals surface area contributed by atoms with E-state index in [0.29, 0.717) is 17.0 Å². The van der Waals surface area contributed by atoms with E-state index in [9.17, 15) is 4.79 Å². The molecule has 0 aliphatic rings. The lowest BCUT2D eigenvalue weighted by Gasteiger charge is -2.01. The summed E-state index contributed by atoms with van der Waals surface area (Å²) < 4.78 is 0. The molecule has 3 rings (SSSR count). The molecule has 2 N–H and O–H groups in total. The maximum Gasteiger partial charge on any atom is 0.337 e. The molecule has 2 aromatic heterocycles. The fourth-order valence-electron chi connectivity index (χ4n) is 2.27. The van der Waals surface area contributed by atoms with Crippen LogP contribution in [-0.4, -0.2) is 26.0 Å². The van der Waals surface area contributed by atoms with Gasteiger partial charge in [-0.05, 0) is 32.0 Å². The van der Waals surface area contributed by atoms with E-state index in [4.69, 9.17) is 5.11 Å². The van der Waals surface area contributed by atoms with E-state index in [2.05, 4.69) is 21.0 Å². The summed E-state index contributed by atoms with van der Waals surface area (Å²) in [5, 5.41) is 8.97. The Kier molecular flexibility index (Phi) is 2.75. The van der Waals surface area contributed by atoms with E-state index >= 15 is 0 Å². The second-order valence-corrected chi connectivity index (χ2v) is 4.86. The van der Waals surface area contributed by atoms with Crippen molar-refractivity contribution in [2.75, 3.05) is 0 Å². The quantitative estimate of drug-likeness (QED) is 0.748. The van der Waals surface area contributed by atoms with Crippen LogP contribution in [0.15, 0.2) is 30.5 Å². The van der Waals surface area contributed by atoms with Crippen molar-refractivity contribution in [3.05, 3.63) is 47.2 Å². The number of benzene rings is 1. The van der Waals surface area contributed by atoms with Crippen LogP contribution in [0.2, 0.25) is 0 Å². The highest BCUT2D eigenvalue weighted by molar-refractivity contribution is 5.91. The zero-order chi connectivity index (χ0) is 14.3. The molecule has 5 nitrogen and oxygen atoms in total. The molecular formula is C15H13N3O2. The van der Waals surface area contributed by atoms with Crippen LogP contribution in [0.4, 0.5) is 0 Å². The molecule has 0 saturated heterocycles. The summed E-state index contributed by atoms with van der Waals surface area (Å²) in [5.74, 6) is -0.302. The van der Waals surface area contributed by atoms with Crippen molar-refractivity contribution < 1.29 is 9.90 Å². The smallest absolute Gasteiger partial charge is 0.337 e. The number of nitrogens with one attached hydrogen (secondary N) is 1. The molecule has 3 aromatic rings. The average Bonchev–Trinajstić information content (AvgIpc) is 2.80. The van der Waals surface area contributed by atoms with Gasteiger partial charge in [0.15, 0.2) is 5.65 Å². The maximum atomic E-state index is 10.9. The Morgan fingerprint density at radius 2 is 1.85 bits per heavy atom. The van der Waals surface area contributed by atoms with E-state index in [0.717, 1.165) is 16.7 Å². The highest BCUT2D eigenvalue weighted by Crippen LogP contribution is 2.22. The summed E-state index contributed by atoms with van der Waals surface area (Å²) in [6, 6.07) is 7.70. The number of carboxylic acid groups (broad SMARTS) is 1. The van der Waals surface area contributed by atoms with Crippen molar-refractivity contribution in [2.24, 2.45) is 0 Å². The summed E-state index contributed by atoms with van der Waals surface area (Å²) >= 11 is 0. The maximum absolute atomic E-state index is 10.9. The van der Waals surface area contributed by atoms with Crippen molar-refractivity contribution >= 4 is 17.1 Å². The summed E-state index contributed by atoms with van der Waals surface area (Å²) in [5.41, 5.74) is 4.56. The number of nitrogens with zero attached hydrogens (tertiary/aromatic N) is 2. The lowest BCUT2D eigenvalue weighted by molar-refractivity contribution is 0.0696. The molecule has 0 aliphatic carbocycles. The highest BCUT2D eigenvalue weighted by atomic mass is 16.4. The Labute approximate surface area is 115 Å². The number of rotatable bonds is 2. The van der Waals surface area contributed by atoms with Crippen molar-refractivity contribution in [1.82, 2.24) is 15.0 Å². The van der Waals surface area contributed by atoms with Crippen LogP contribution in [0, 0.1) is 13.8 Å². The third kappa shape index (κ3) is 2.14. The molecule has 20 heavy (non-hydrogen) atoms. The minimum Gasteiger partial charge on any atom is -0.478 e. The number of hydrogen-bond acceptors (Lipinski definition) is 3. The molecule has 0 atom stereocenters. The Morgan fingerprint density at radius 3 is 2.50 bits per heavy atom. The van der Waals surface area contributed by atoms with Crippen molar-refractivity contribution in [3.8, 4) is 11.4 Å². The number of hydrogen-bond donors (Lipinski definition) is 2. The molecule has 5 heteroatoms. The van der Waals surface area contributed by atoms with E-state index in [1.807, 2.05) is 26.0 Å². The summed E-state index contributed by atoms with van der Waals surface area (Å²) in [7, 11) is 0. The third-order valence-electron chi connectivity index (χ3n) is 3.08. The minimum absolute atomic E-state index is 0.146. The van der Waals surface area contributed by atoms with Gasteiger partial charge in [0, 0.05) is 11.8 Å². The van der Waals surface area contributed by atoms with Gasteiger partial charge in [-0.1, -0.05) is 17.2 Å². The third-order valence-corrected chi connectivity index (χ3v) is 3.08. The standard InChI is InChI=1S/C15H13N3O2/c1-8-3-9(2)5-10(4-8)13-17-12-6-11(15(19)20)7-16-14(12)18-13/h3-7H,1-2H3,(H,19,20)(H,16,17,18). The first kappa shape index (κ1) is 12.3. The van der Waals surface area contributed by atoms with Crippen LogP contribution >= 0.6 is 0 Å². The van der Waals surface area contributed by atoms with Gasteiger partial charge >= 0.3 is 5.97 Å². The molecule has 0 unspecified atom stereocenters. The second-order valence-electron chi connectivity index (χ2n) is 4.86. The number of imidazole rings is 1. The molecule has 0 aliphatic heterocycles. The Morgan fingerprint density at radius 1 is 1.15 bits per heavy atom. The van der Waals surface area contributed by atoms with Crippen molar-refractivity contribution in [1.29, 1.82) is 0 Å². The van der Waals surface area contributed by atoms with Gasteiger partial charge in [0.2, 0.25) is 0 Å². The number of fused-ring (bicyclic) bond motifs is 1. The zero-order valence-corrected chi connectivity index (χ0v) is 11.1. The molecule has 0 radical (unpaired) electrons. The molecule has 0 amide bonds. The van der Waals surface area contributed by atoms with Crippen LogP contribution < -0.4 is 0 Å². The lowest BCUT2D eigenvalue weighted by Crippen LogP contribution is -1.96. The van der Waals surface area contributed by atoms with Crippen molar-refractivity contribution in [3.63, 3.8) is 0 Å². The molecule has 0 spiro atoms. The first-order valence-corrected chi connectivity index (χ1v) is 6.20. The monoisotopic (exact) mass is 267 g/mol. The average molecular weight is 267 g/mol. The number of aromatic nitrogens is 3. The normalized spacial score (nSPS) is 10.9. The Balaban J connectivity index is 2.15. The molecule has 0 bridgehead atoms. The summed E-state index contributed by atoms with van der Waals surface area (Å²) in [6.45, 7) is 4.06. The first-order valence-electron chi connectivity index (χ1n) is 6.20. The van der Waals surface area contributed by atoms with E-state index in [-0.39, 0.29) is 5.56 Å². The summed E-state index contributed by atoms with van der Waals surface area (Å²) in [6.07, 6.45) is 1.32. The van der Waals surface area contributed by atoms with Gasteiger partial charge in [-0.2, -0.15) is 0 Å². The number of aryl methyl sites for hydroxylation is 2. The number of aromatic carboxylic acids is 1. The number of pyridine rings is 1. The van der Waals surface area contributed by atoms with Crippen LogP contribution in [0.1, 0.15) is 21.5 Å². The minimum atomic E-state index is -0.998. The van der Waals surface area contributed by atoms with Gasteiger partial charge in [0.25, 0.3) is 0 Å². The largest absolute Gasteiger partial charge is 0.478 e. The summed E-state index contributed by atoms with van der Waals surface area (Å²) in [4.78, 5) is 22.5. The topological polar surface area (TPSA) is 78.9 Å². The Hall–Kier alpha value is -2.69. The molecule has 0 fully saturated rings. The van der Waals surface area contributed by atoms with E-state index in [1.54, 1.807) is 6.07 Å². The van der Waals surface area contributed by atoms with Gasteiger partial charge in [-0.25, -0.2) is 14.8 Å². The number of aromatic amines is 1. The van der Waals surface area contributed by atoms with Gasteiger partial charge in [0.1, 0.15) is 5.82 Å². The predicted octanol–water partition coefficient (Wildman–Crippen LogP) is 2.94. The zero-order valence-electron chi connectivity index (χ0n) is 11.1. The predicted molar refractivity (Wildman–Crippen MR) is 75.8 cm³/mol. The molecular weight excluding hydrogens is 254 g/mol. The van der Waals surface area contributed by atoms with E-state index < -0.39 is 5.97 Å². The fraction of sp³-hybridized carbons (Fsp3) is 0.133. The van der Waals surface area contributed by atoms with Gasteiger partial charge < -0.3 is 10.1 Å². The van der Waals surface area contributed by atoms with Crippen LogP contribution in [0.5, 0.6) is 0 Å². The number of carbonyl (C=O) groups is 1. The number of H-pyrrole nitrogens is 1. The number of carboxylic acids is 1. The highest BCUT2D eigenvalue weighted by Gasteiger charge is 2.10. The van der Waals surface area contributed by atoms with Gasteiger partial charge in [-0.3, -0.25) is 0 Å². The molecule has 0 saturated carbocycles. The van der Waals surface area contributed by atoms with Crippen LogP contribution in [0.3, 0.4) is 0 Å². The fourth-order valence-corrected chi connectivity index (χ4v) is 2.27. The molecule has 1 aromatic carbocycles. The first-order chi connectivity index (χ1) is 9.52. The second kappa shape index (κ2) is 4.45. The van der Waals surface area contributed by atoms with Crippen LogP contribution in [-0.2, 0) is 0 Å². The molecule has 2 heterocycles.